The van der Waals surface area contributed by atoms with Crippen molar-refractivity contribution in [2.24, 2.45) is 0 Å². The predicted molar refractivity (Wildman–Crippen MR) is 113 cm³/mol. The Bertz CT molecular complexity index is 593. The highest BCUT2D eigenvalue weighted by molar-refractivity contribution is 8.18. The number of hydrogen-bond donors (Lipinski definition) is 1. The van der Waals surface area contributed by atoms with E-state index in [1.54, 1.807) is 0 Å². The molecule has 1 unspecified atom stereocenters. The zero-order valence-electron chi connectivity index (χ0n) is 14.3. The van der Waals surface area contributed by atoms with E-state index in [-0.39, 0.29) is 10.5 Å². The van der Waals surface area contributed by atoms with E-state index in [0.29, 0.717) is 6.42 Å². The fourth-order valence-electron chi connectivity index (χ4n) is 2.59. The molecule has 0 aromatic heterocycles. The van der Waals surface area contributed by atoms with Gasteiger partial charge in [0.25, 0.3) is 0 Å². The van der Waals surface area contributed by atoms with Gasteiger partial charge in [0.05, 0.1) is 4.08 Å². The van der Waals surface area contributed by atoms with E-state index < -0.39 is 5.97 Å². The van der Waals surface area contributed by atoms with Crippen molar-refractivity contribution < 1.29 is 9.90 Å². The van der Waals surface area contributed by atoms with E-state index in [0.717, 1.165) is 25.4 Å². The maximum atomic E-state index is 11.3. The predicted octanol–water partition coefficient (Wildman–Crippen LogP) is 6.18. The molecule has 0 bridgehead atoms. The Kier molecular flexibility index (Phi) is 8.88. The Morgan fingerprint density at radius 2 is 1.40 bits per heavy atom. The fraction of sp³-hybridized carbons (Fsp3) is 0.350. The average molecular weight is 393 g/mol. The number of benzene rings is 2. The van der Waals surface area contributed by atoms with Crippen molar-refractivity contribution in [2.75, 3.05) is 6.16 Å². The lowest BCUT2D eigenvalue weighted by Gasteiger charge is -2.33. The molecule has 134 valence electrons. The van der Waals surface area contributed by atoms with Crippen LogP contribution in [0.2, 0.25) is 0 Å². The molecule has 2 aromatic carbocycles. The van der Waals surface area contributed by atoms with Crippen molar-refractivity contribution >= 4 is 38.7 Å². The van der Waals surface area contributed by atoms with Crippen LogP contribution in [0.5, 0.6) is 0 Å². The van der Waals surface area contributed by atoms with Gasteiger partial charge in [0.2, 0.25) is 0 Å². The van der Waals surface area contributed by atoms with E-state index in [9.17, 15) is 9.90 Å². The molecule has 0 aliphatic rings. The highest BCUT2D eigenvalue weighted by atomic mass is 32.2. The molecule has 0 aliphatic heterocycles. The smallest absolute Gasteiger partial charge is 0.303 e. The molecular formula is C20H25O2PS2. The lowest BCUT2D eigenvalue weighted by molar-refractivity contribution is -0.137. The number of thioether (sulfide) groups is 2. The van der Waals surface area contributed by atoms with E-state index >= 15 is 0 Å². The van der Waals surface area contributed by atoms with Gasteiger partial charge < -0.3 is 5.11 Å². The van der Waals surface area contributed by atoms with E-state index in [1.807, 2.05) is 59.9 Å². The molecule has 0 spiro atoms. The zero-order valence-corrected chi connectivity index (χ0v) is 17.1. The summed E-state index contributed by atoms with van der Waals surface area (Å²) in [7, 11) is 2.78. The molecule has 2 rings (SSSR count). The third-order valence-electron chi connectivity index (χ3n) is 3.83. The Morgan fingerprint density at radius 3 is 1.84 bits per heavy atom. The van der Waals surface area contributed by atoms with Gasteiger partial charge in [0, 0.05) is 16.2 Å². The number of carboxylic acid groups (broad SMARTS) is 1. The molecule has 1 N–H and O–H groups in total. The van der Waals surface area contributed by atoms with Gasteiger partial charge in [0.15, 0.2) is 0 Å². The molecule has 0 fully saturated rings. The topological polar surface area (TPSA) is 37.3 Å². The third-order valence-corrected chi connectivity index (χ3v) is 7.31. The Morgan fingerprint density at radius 1 is 0.880 bits per heavy atom. The molecular weight excluding hydrogens is 367 g/mol. The van der Waals surface area contributed by atoms with Crippen molar-refractivity contribution in [3.63, 3.8) is 0 Å². The number of unbranched alkanes of at least 4 members (excludes halogenated alkanes) is 1. The first-order valence-electron chi connectivity index (χ1n) is 8.53. The monoisotopic (exact) mass is 392 g/mol. The standard InChI is InChI=1S/C20H25O2PS2/c21-19(22)13-15-20(14-7-8-16-23,24-17-9-3-1-4-10-17)25-18-11-5-2-6-12-18/h1-6,9-12H,7-8,13-16,23H2,(H,21,22). The summed E-state index contributed by atoms with van der Waals surface area (Å²) in [6.45, 7) is 0. The fourth-order valence-corrected chi connectivity index (χ4v) is 5.97. The molecule has 0 heterocycles. The Hall–Kier alpha value is -0.960. The van der Waals surface area contributed by atoms with E-state index in [1.165, 1.54) is 9.79 Å². The third kappa shape index (κ3) is 7.43. The van der Waals surface area contributed by atoms with Crippen molar-refractivity contribution in [1.29, 1.82) is 0 Å². The first kappa shape index (κ1) is 20.4. The van der Waals surface area contributed by atoms with Crippen molar-refractivity contribution in [2.45, 2.75) is 46.0 Å². The van der Waals surface area contributed by atoms with Crippen LogP contribution < -0.4 is 0 Å². The van der Waals surface area contributed by atoms with Gasteiger partial charge in [-0.15, -0.1) is 32.8 Å². The summed E-state index contributed by atoms with van der Waals surface area (Å²) >= 11 is 3.63. The van der Waals surface area contributed by atoms with Gasteiger partial charge >= 0.3 is 5.97 Å². The van der Waals surface area contributed by atoms with Crippen LogP contribution >= 0.6 is 32.8 Å². The van der Waals surface area contributed by atoms with E-state index in [2.05, 4.69) is 33.5 Å². The van der Waals surface area contributed by atoms with Crippen LogP contribution in [-0.2, 0) is 4.79 Å². The van der Waals surface area contributed by atoms with Crippen LogP contribution in [0.15, 0.2) is 70.5 Å². The summed E-state index contributed by atoms with van der Waals surface area (Å²) in [6, 6.07) is 20.6. The minimum absolute atomic E-state index is 0.166. The first-order chi connectivity index (χ1) is 12.1. The lowest BCUT2D eigenvalue weighted by atomic mass is 10.1. The van der Waals surface area contributed by atoms with Gasteiger partial charge in [-0.2, -0.15) is 0 Å². The normalized spacial score (nSPS) is 11.4. The molecule has 0 amide bonds. The largest absolute Gasteiger partial charge is 0.481 e. The highest BCUT2D eigenvalue weighted by Gasteiger charge is 2.33. The van der Waals surface area contributed by atoms with Crippen LogP contribution in [0, 0.1) is 0 Å². The molecule has 25 heavy (non-hydrogen) atoms. The summed E-state index contributed by atoms with van der Waals surface area (Å²) in [6.07, 6.45) is 5.17. The van der Waals surface area contributed by atoms with Crippen molar-refractivity contribution in [3.8, 4) is 0 Å². The maximum Gasteiger partial charge on any atom is 0.303 e. The van der Waals surface area contributed by atoms with Crippen molar-refractivity contribution in [1.82, 2.24) is 0 Å². The van der Waals surface area contributed by atoms with Gasteiger partial charge in [-0.05, 0) is 49.7 Å². The van der Waals surface area contributed by atoms with Gasteiger partial charge in [-0.1, -0.05) is 42.8 Å². The number of carbonyl (C=O) groups is 1. The second-order valence-corrected chi connectivity index (χ2v) is 9.63. The number of hydrogen-bond acceptors (Lipinski definition) is 3. The number of aliphatic carboxylic acids is 1. The van der Waals surface area contributed by atoms with Gasteiger partial charge in [-0.25, -0.2) is 0 Å². The van der Waals surface area contributed by atoms with Gasteiger partial charge in [0.1, 0.15) is 0 Å². The van der Waals surface area contributed by atoms with Gasteiger partial charge in [-0.3, -0.25) is 4.79 Å². The average Bonchev–Trinajstić information content (AvgIpc) is 2.62. The Balaban J connectivity index is 2.26. The number of rotatable bonds is 11. The molecule has 0 saturated carbocycles. The maximum absolute atomic E-state index is 11.3. The van der Waals surface area contributed by atoms with Crippen LogP contribution in [0.1, 0.15) is 32.1 Å². The molecule has 2 aromatic rings. The molecule has 0 saturated heterocycles. The number of carboxylic acids is 1. The summed E-state index contributed by atoms with van der Waals surface area (Å²) in [5, 5.41) is 9.26. The lowest BCUT2D eigenvalue weighted by Crippen LogP contribution is -2.22. The van der Waals surface area contributed by atoms with E-state index in [4.69, 9.17) is 0 Å². The minimum Gasteiger partial charge on any atom is -0.481 e. The molecule has 0 aliphatic carbocycles. The molecule has 1 atom stereocenters. The second kappa shape index (κ2) is 10.9. The summed E-state index contributed by atoms with van der Waals surface area (Å²) in [4.78, 5) is 13.7. The molecule has 0 radical (unpaired) electrons. The van der Waals surface area contributed by atoms with Crippen LogP contribution in [-0.4, -0.2) is 21.3 Å². The first-order valence-corrected chi connectivity index (χ1v) is 11.0. The quantitative estimate of drug-likeness (QED) is 0.214. The zero-order chi connectivity index (χ0) is 18.0. The Labute approximate surface area is 161 Å². The minimum atomic E-state index is -0.724. The molecule has 5 heteroatoms. The van der Waals surface area contributed by atoms with Crippen molar-refractivity contribution in [3.05, 3.63) is 60.7 Å². The molecule has 2 nitrogen and oxygen atoms in total. The second-order valence-electron chi connectivity index (χ2n) is 5.88. The SMILES string of the molecule is O=C(O)CCC(CCCCP)(Sc1ccccc1)Sc1ccccc1. The summed E-state index contributed by atoms with van der Waals surface area (Å²) in [5.74, 6) is -0.724. The summed E-state index contributed by atoms with van der Waals surface area (Å²) < 4.78 is -0.166. The summed E-state index contributed by atoms with van der Waals surface area (Å²) in [5.41, 5.74) is 0. The van der Waals surface area contributed by atoms with Crippen LogP contribution in [0.4, 0.5) is 0 Å². The van der Waals surface area contributed by atoms with Crippen LogP contribution in [0.3, 0.4) is 0 Å². The highest BCUT2D eigenvalue weighted by Crippen LogP contribution is 2.51. The van der Waals surface area contributed by atoms with Crippen LogP contribution in [0.25, 0.3) is 0 Å².